The Labute approximate surface area is 112 Å². The van der Waals surface area contributed by atoms with Crippen molar-refractivity contribution in [3.63, 3.8) is 0 Å². The van der Waals surface area contributed by atoms with Gasteiger partial charge in [0.05, 0.1) is 5.69 Å². The van der Waals surface area contributed by atoms with Gasteiger partial charge >= 0.3 is 0 Å². The number of hydrogen-bond acceptors (Lipinski definition) is 4. The van der Waals surface area contributed by atoms with Crippen LogP contribution in [-0.2, 0) is 17.6 Å². The lowest BCUT2D eigenvalue weighted by atomic mass is 9.78. The van der Waals surface area contributed by atoms with E-state index in [-0.39, 0.29) is 11.8 Å². The average Bonchev–Trinajstić information content (AvgIpc) is 2.90. The first-order chi connectivity index (χ1) is 9.29. The molecule has 0 saturated heterocycles. The van der Waals surface area contributed by atoms with E-state index in [1.807, 2.05) is 0 Å². The molecular weight excluding hydrogens is 242 g/mol. The molecule has 1 heterocycles. The molecule has 1 fully saturated rings. The van der Waals surface area contributed by atoms with Gasteiger partial charge < -0.3 is 4.52 Å². The molecule has 5 nitrogen and oxygen atoms in total. The number of nitrogens with two attached hydrogens (primary N) is 1. The fourth-order valence-corrected chi connectivity index (χ4v) is 3.47. The maximum absolute atomic E-state index is 11.5. The Kier molecular flexibility index (Phi) is 3.55. The summed E-state index contributed by atoms with van der Waals surface area (Å²) in [4.78, 5) is 11.5. The molecule has 0 bridgehead atoms. The van der Waals surface area contributed by atoms with Gasteiger partial charge in [-0.2, -0.15) is 0 Å². The molecule has 1 amide bonds. The van der Waals surface area contributed by atoms with Crippen LogP contribution in [0.4, 0.5) is 0 Å². The van der Waals surface area contributed by atoms with Gasteiger partial charge in [-0.1, -0.05) is 5.16 Å². The molecule has 2 aliphatic carbocycles. The minimum absolute atomic E-state index is 0.0296. The Morgan fingerprint density at radius 1 is 1.21 bits per heavy atom. The van der Waals surface area contributed by atoms with E-state index in [1.54, 1.807) is 0 Å². The highest BCUT2D eigenvalue weighted by Gasteiger charge is 2.31. The number of rotatable bonds is 2. The van der Waals surface area contributed by atoms with Gasteiger partial charge in [0, 0.05) is 17.4 Å². The monoisotopic (exact) mass is 263 g/mol. The molecule has 3 N–H and O–H groups in total. The highest BCUT2D eigenvalue weighted by Crippen LogP contribution is 2.39. The Morgan fingerprint density at radius 2 is 1.95 bits per heavy atom. The second-order valence-electron chi connectivity index (χ2n) is 5.74. The van der Waals surface area contributed by atoms with Crippen molar-refractivity contribution in [3.05, 3.63) is 17.0 Å². The van der Waals surface area contributed by atoms with Crippen molar-refractivity contribution in [2.45, 2.75) is 57.3 Å². The number of aryl methyl sites for hydroxylation is 1. The highest BCUT2D eigenvalue weighted by atomic mass is 16.5. The molecular formula is C14H21N3O2. The van der Waals surface area contributed by atoms with Crippen LogP contribution < -0.4 is 11.3 Å². The zero-order valence-corrected chi connectivity index (χ0v) is 11.2. The second kappa shape index (κ2) is 5.33. The zero-order chi connectivity index (χ0) is 13.2. The first kappa shape index (κ1) is 12.7. The maximum Gasteiger partial charge on any atom is 0.236 e. The fourth-order valence-electron chi connectivity index (χ4n) is 3.47. The number of fused-ring (bicyclic) bond motifs is 1. The molecule has 1 aromatic heterocycles. The smallest absolute Gasteiger partial charge is 0.236 e. The van der Waals surface area contributed by atoms with Gasteiger partial charge in [-0.05, 0) is 51.4 Å². The summed E-state index contributed by atoms with van der Waals surface area (Å²) in [6.07, 6.45) is 8.42. The van der Waals surface area contributed by atoms with Crippen molar-refractivity contribution in [1.82, 2.24) is 10.6 Å². The number of nitrogens with one attached hydrogen (secondary N) is 1. The summed E-state index contributed by atoms with van der Waals surface area (Å²) >= 11 is 0. The lowest BCUT2D eigenvalue weighted by molar-refractivity contribution is -0.126. The molecule has 3 rings (SSSR count). The van der Waals surface area contributed by atoms with E-state index in [1.165, 1.54) is 24.1 Å². The third-order valence-electron chi connectivity index (χ3n) is 4.60. The van der Waals surface area contributed by atoms with Gasteiger partial charge in [0.2, 0.25) is 5.91 Å². The van der Waals surface area contributed by atoms with Gasteiger partial charge in [0.15, 0.2) is 0 Å². The minimum atomic E-state index is -0.0296. The van der Waals surface area contributed by atoms with E-state index < -0.39 is 0 Å². The summed E-state index contributed by atoms with van der Waals surface area (Å²) < 4.78 is 5.60. The van der Waals surface area contributed by atoms with Crippen LogP contribution in [0, 0.1) is 5.92 Å². The first-order valence-electron chi connectivity index (χ1n) is 7.27. The Balaban J connectivity index is 1.68. The van der Waals surface area contributed by atoms with Crippen LogP contribution >= 0.6 is 0 Å². The molecule has 0 radical (unpaired) electrons. The SMILES string of the molecule is NNC(=O)[C@H]1CC[C@H](c2onc3c2CCCC3)CC1. The van der Waals surface area contributed by atoms with Crippen molar-refractivity contribution < 1.29 is 9.32 Å². The average molecular weight is 263 g/mol. The van der Waals surface area contributed by atoms with E-state index in [0.717, 1.165) is 44.3 Å². The quantitative estimate of drug-likeness (QED) is 0.484. The molecule has 0 atom stereocenters. The molecule has 5 heteroatoms. The molecule has 0 spiro atoms. The van der Waals surface area contributed by atoms with E-state index in [0.29, 0.717) is 5.92 Å². The van der Waals surface area contributed by atoms with Crippen molar-refractivity contribution >= 4 is 5.91 Å². The Hall–Kier alpha value is -1.36. The summed E-state index contributed by atoms with van der Waals surface area (Å²) in [5, 5.41) is 4.23. The number of nitrogens with zero attached hydrogens (tertiary/aromatic N) is 1. The van der Waals surface area contributed by atoms with Gasteiger partial charge in [0.1, 0.15) is 5.76 Å². The Morgan fingerprint density at radius 3 is 2.68 bits per heavy atom. The standard InChI is InChI=1S/C14H21N3O2/c15-16-14(18)10-7-5-9(6-8-10)13-11-3-1-2-4-12(11)17-19-13/h9-10H,1-8,15H2,(H,16,18)/t9-,10-. The number of carbonyl (C=O) groups is 1. The van der Waals surface area contributed by atoms with E-state index in [2.05, 4.69) is 10.6 Å². The highest BCUT2D eigenvalue weighted by molar-refractivity contribution is 5.78. The summed E-state index contributed by atoms with van der Waals surface area (Å²) in [6, 6.07) is 0. The largest absolute Gasteiger partial charge is 0.361 e. The number of aromatic nitrogens is 1. The van der Waals surface area contributed by atoms with Crippen LogP contribution in [-0.4, -0.2) is 11.1 Å². The van der Waals surface area contributed by atoms with Crippen LogP contribution in [0.1, 0.15) is 61.5 Å². The van der Waals surface area contributed by atoms with E-state index in [9.17, 15) is 4.79 Å². The van der Waals surface area contributed by atoms with Crippen molar-refractivity contribution in [3.8, 4) is 0 Å². The zero-order valence-electron chi connectivity index (χ0n) is 11.2. The van der Waals surface area contributed by atoms with Crippen LogP contribution in [0.5, 0.6) is 0 Å². The van der Waals surface area contributed by atoms with E-state index in [4.69, 9.17) is 10.4 Å². The van der Waals surface area contributed by atoms with Crippen molar-refractivity contribution in [2.24, 2.45) is 11.8 Å². The minimum Gasteiger partial charge on any atom is -0.361 e. The topological polar surface area (TPSA) is 81.1 Å². The number of hydrazine groups is 1. The van der Waals surface area contributed by atoms with Crippen LogP contribution in [0.2, 0.25) is 0 Å². The molecule has 1 aromatic rings. The van der Waals surface area contributed by atoms with Crippen LogP contribution in [0.3, 0.4) is 0 Å². The molecule has 0 unspecified atom stereocenters. The predicted octanol–water partition coefficient (Wildman–Crippen LogP) is 1.82. The molecule has 104 valence electrons. The number of amides is 1. The van der Waals surface area contributed by atoms with Gasteiger partial charge in [-0.3, -0.25) is 10.2 Å². The molecule has 0 aliphatic heterocycles. The van der Waals surface area contributed by atoms with Crippen molar-refractivity contribution in [1.29, 1.82) is 0 Å². The third kappa shape index (κ3) is 2.39. The predicted molar refractivity (Wildman–Crippen MR) is 70.2 cm³/mol. The lowest BCUT2D eigenvalue weighted by Crippen LogP contribution is -2.37. The number of carbonyl (C=O) groups excluding carboxylic acids is 1. The normalized spacial score (nSPS) is 26.8. The first-order valence-corrected chi connectivity index (χ1v) is 7.27. The summed E-state index contributed by atoms with van der Waals surface area (Å²) in [7, 11) is 0. The maximum atomic E-state index is 11.5. The second-order valence-corrected chi connectivity index (χ2v) is 5.74. The summed E-state index contributed by atoms with van der Waals surface area (Å²) in [5.41, 5.74) is 4.79. The van der Waals surface area contributed by atoms with E-state index >= 15 is 0 Å². The third-order valence-corrected chi connectivity index (χ3v) is 4.60. The fraction of sp³-hybridized carbons (Fsp3) is 0.714. The lowest BCUT2D eigenvalue weighted by Gasteiger charge is -2.26. The summed E-state index contributed by atoms with van der Waals surface area (Å²) in [6.45, 7) is 0. The molecule has 2 aliphatic rings. The summed E-state index contributed by atoms with van der Waals surface area (Å²) in [5.74, 6) is 6.77. The van der Waals surface area contributed by atoms with Crippen LogP contribution in [0.25, 0.3) is 0 Å². The van der Waals surface area contributed by atoms with Gasteiger partial charge in [0.25, 0.3) is 0 Å². The number of hydrogen-bond donors (Lipinski definition) is 2. The van der Waals surface area contributed by atoms with Gasteiger partial charge in [-0.25, -0.2) is 5.84 Å². The molecule has 19 heavy (non-hydrogen) atoms. The van der Waals surface area contributed by atoms with Crippen LogP contribution in [0.15, 0.2) is 4.52 Å². The van der Waals surface area contributed by atoms with Crippen molar-refractivity contribution in [2.75, 3.05) is 0 Å². The van der Waals surface area contributed by atoms with Gasteiger partial charge in [-0.15, -0.1) is 0 Å². The Bertz CT molecular complexity index is 461. The molecule has 1 saturated carbocycles. The molecule has 0 aromatic carbocycles.